The van der Waals surface area contributed by atoms with Crippen LogP contribution in [0.15, 0.2) is 59.7 Å². The van der Waals surface area contributed by atoms with Crippen LogP contribution in [0.25, 0.3) is 22.6 Å². The van der Waals surface area contributed by atoms with Crippen molar-refractivity contribution in [3.63, 3.8) is 0 Å². The molecule has 6 nitrogen and oxygen atoms in total. The van der Waals surface area contributed by atoms with Gasteiger partial charge in [0.1, 0.15) is 5.82 Å². The van der Waals surface area contributed by atoms with Crippen LogP contribution in [0.4, 0.5) is 0 Å². The smallest absolute Gasteiger partial charge is 0.251 e. The van der Waals surface area contributed by atoms with Gasteiger partial charge >= 0.3 is 0 Å². The highest BCUT2D eigenvalue weighted by Gasteiger charge is 2.18. The Morgan fingerprint density at radius 1 is 1.11 bits per heavy atom. The molecule has 2 aromatic heterocycles. The second-order valence-electron chi connectivity index (χ2n) is 7.37. The first kappa shape index (κ1) is 18.5. The van der Waals surface area contributed by atoms with E-state index in [4.69, 9.17) is 5.73 Å². The molecular weight excluding hydrogens is 350 g/mol. The van der Waals surface area contributed by atoms with Gasteiger partial charge in [0.2, 0.25) is 0 Å². The highest BCUT2D eigenvalue weighted by Crippen LogP contribution is 2.21. The van der Waals surface area contributed by atoms with Crippen LogP contribution in [0.5, 0.6) is 0 Å². The predicted octanol–water partition coefficient (Wildman–Crippen LogP) is 2.67. The molecule has 1 aliphatic heterocycles. The molecule has 4 rings (SSSR count). The molecule has 144 valence electrons. The summed E-state index contributed by atoms with van der Waals surface area (Å²) in [5.74, 6) is 1.25. The van der Waals surface area contributed by atoms with Crippen molar-refractivity contribution >= 4 is 0 Å². The van der Waals surface area contributed by atoms with E-state index in [1.54, 1.807) is 12.4 Å². The zero-order valence-electron chi connectivity index (χ0n) is 15.8. The lowest BCUT2D eigenvalue weighted by molar-refractivity contribution is 0.180. The Morgan fingerprint density at radius 2 is 1.89 bits per heavy atom. The molecule has 1 fully saturated rings. The number of aromatic amines is 1. The van der Waals surface area contributed by atoms with Gasteiger partial charge in [-0.3, -0.25) is 14.7 Å². The van der Waals surface area contributed by atoms with Crippen LogP contribution in [0.2, 0.25) is 0 Å². The molecule has 6 heteroatoms. The number of piperidine rings is 1. The van der Waals surface area contributed by atoms with Crippen LogP contribution in [-0.2, 0) is 6.54 Å². The van der Waals surface area contributed by atoms with Crippen molar-refractivity contribution in [2.45, 2.75) is 19.4 Å². The molecule has 3 aromatic rings. The van der Waals surface area contributed by atoms with E-state index < -0.39 is 0 Å². The average molecular weight is 375 g/mol. The van der Waals surface area contributed by atoms with Crippen molar-refractivity contribution in [3.8, 4) is 22.6 Å². The van der Waals surface area contributed by atoms with E-state index in [1.165, 1.54) is 24.5 Å². The van der Waals surface area contributed by atoms with Crippen LogP contribution in [0.3, 0.4) is 0 Å². The summed E-state index contributed by atoms with van der Waals surface area (Å²) in [6, 6.07) is 13.5. The highest BCUT2D eigenvalue weighted by molar-refractivity contribution is 5.62. The van der Waals surface area contributed by atoms with Crippen LogP contribution in [0, 0.1) is 5.92 Å². The molecule has 1 saturated heterocycles. The van der Waals surface area contributed by atoms with E-state index in [0.29, 0.717) is 17.4 Å². The number of rotatable bonds is 5. The van der Waals surface area contributed by atoms with Crippen molar-refractivity contribution in [3.05, 3.63) is 70.8 Å². The fourth-order valence-electron chi connectivity index (χ4n) is 3.66. The molecule has 0 aliphatic carbocycles. The van der Waals surface area contributed by atoms with Crippen molar-refractivity contribution in [2.75, 3.05) is 19.6 Å². The molecule has 0 amide bonds. The molecule has 1 aromatic carbocycles. The predicted molar refractivity (Wildman–Crippen MR) is 111 cm³/mol. The molecule has 3 heterocycles. The topological polar surface area (TPSA) is 87.9 Å². The maximum atomic E-state index is 12.1. The van der Waals surface area contributed by atoms with E-state index >= 15 is 0 Å². The standard InChI is InChI=1S/C22H25N5O/c23-13-16-7-10-27(11-8-16)15-17-3-5-18(6-4-17)22-25-20(12-21(28)26-22)19-2-1-9-24-14-19/h1-6,9,12,14,16H,7-8,10-11,13,15,23H2,(H,25,26,28). The van der Waals surface area contributed by atoms with E-state index in [9.17, 15) is 4.79 Å². The van der Waals surface area contributed by atoms with Gasteiger partial charge in [0, 0.05) is 36.1 Å². The number of nitrogens with two attached hydrogens (primary N) is 1. The summed E-state index contributed by atoms with van der Waals surface area (Å²) in [6.45, 7) is 3.94. The normalized spacial score (nSPS) is 15.6. The van der Waals surface area contributed by atoms with Crippen molar-refractivity contribution in [1.82, 2.24) is 19.9 Å². The van der Waals surface area contributed by atoms with Gasteiger partial charge in [-0.15, -0.1) is 0 Å². The van der Waals surface area contributed by atoms with Crippen molar-refractivity contribution < 1.29 is 0 Å². The van der Waals surface area contributed by atoms with Gasteiger partial charge in [-0.05, 0) is 56.1 Å². The Kier molecular flexibility index (Phi) is 5.60. The first-order chi connectivity index (χ1) is 13.7. The van der Waals surface area contributed by atoms with Gasteiger partial charge < -0.3 is 10.7 Å². The fourth-order valence-corrected chi connectivity index (χ4v) is 3.66. The lowest BCUT2D eigenvalue weighted by atomic mass is 9.97. The molecule has 0 spiro atoms. The molecule has 0 radical (unpaired) electrons. The number of benzene rings is 1. The van der Waals surface area contributed by atoms with Crippen molar-refractivity contribution in [1.29, 1.82) is 0 Å². The maximum absolute atomic E-state index is 12.1. The SMILES string of the molecule is NCC1CCN(Cc2ccc(-c3nc(-c4cccnc4)cc(=O)[nH]3)cc2)CC1. The van der Waals surface area contributed by atoms with Gasteiger partial charge in [-0.2, -0.15) is 0 Å². The van der Waals surface area contributed by atoms with Crippen LogP contribution in [0.1, 0.15) is 18.4 Å². The van der Waals surface area contributed by atoms with Gasteiger partial charge in [-0.25, -0.2) is 4.98 Å². The largest absolute Gasteiger partial charge is 0.330 e. The van der Waals surface area contributed by atoms with Gasteiger partial charge in [0.15, 0.2) is 0 Å². The summed E-state index contributed by atoms with van der Waals surface area (Å²) in [5.41, 5.74) is 9.22. The number of aromatic nitrogens is 3. The summed E-state index contributed by atoms with van der Waals surface area (Å²) in [4.78, 5) is 26.1. The Hall–Kier alpha value is -2.83. The summed E-state index contributed by atoms with van der Waals surface area (Å²) >= 11 is 0. The molecular formula is C22H25N5O. The number of H-pyrrole nitrogens is 1. The van der Waals surface area contributed by atoms with Crippen LogP contribution < -0.4 is 11.3 Å². The lowest BCUT2D eigenvalue weighted by Gasteiger charge is -2.31. The zero-order valence-corrected chi connectivity index (χ0v) is 15.8. The Morgan fingerprint density at radius 3 is 2.57 bits per heavy atom. The summed E-state index contributed by atoms with van der Waals surface area (Å²) in [6.07, 6.45) is 5.78. The molecule has 0 saturated carbocycles. The number of hydrogen-bond donors (Lipinski definition) is 2. The first-order valence-corrected chi connectivity index (χ1v) is 9.75. The average Bonchev–Trinajstić information content (AvgIpc) is 2.75. The Bertz CT molecular complexity index is 960. The van der Waals surface area contributed by atoms with E-state index in [-0.39, 0.29) is 5.56 Å². The van der Waals surface area contributed by atoms with Crippen molar-refractivity contribution in [2.24, 2.45) is 11.7 Å². The van der Waals surface area contributed by atoms with E-state index in [0.717, 1.165) is 37.3 Å². The summed E-state index contributed by atoms with van der Waals surface area (Å²) in [5, 5.41) is 0. The zero-order chi connectivity index (χ0) is 19.3. The van der Waals surface area contributed by atoms with Gasteiger partial charge in [-0.1, -0.05) is 24.3 Å². The summed E-state index contributed by atoms with van der Waals surface area (Å²) in [7, 11) is 0. The molecule has 0 bridgehead atoms. The second-order valence-corrected chi connectivity index (χ2v) is 7.37. The number of hydrogen-bond acceptors (Lipinski definition) is 5. The van der Waals surface area contributed by atoms with E-state index in [2.05, 4.69) is 32.0 Å². The molecule has 1 aliphatic rings. The maximum Gasteiger partial charge on any atom is 0.251 e. The Labute approximate surface area is 164 Å². The Balaban J connectivity index is 1.50. The van der Waals surface area contributed by atoms with E-state index in [1.807, 2.05) is 24.3 Å². The third-order valence-corrected chi connectivity index (χ3v) is 5.37. The third-order valence-electron chi connectivity index (χ3n) is 5.37. The minimum absolute atomic E-state index is 0.171. The van der Waals surface area contributed by atoms with Gasteiger partial charge in [0.05, 0.1) is 5.69 Å². The lowest BCUT2D eigenvalue weighted by Crippen LogP contribution is -2.35. The summed E-state index contributed by atoms with van der Waals surface area (Å²) < 4.78 is 0. The third kappa shape index (κ3) is 4.35. The van der Waals surface area contributed by atoms with Gasteiger partial charge in [0.25, 0.3) is 5.56 Å². The molecule has 0 unspecified atom stereocenters. The fraction of sp³-hybridized carbons (Fsp3) is 0.318. The number of nitrogens with zero attached hydrogens (tertiary/aromatic N) is 3. The minimum Gasteiger partial charge on any atom is -0.330 e. The number of pyridine rings is 1. The molecule has 28 heavy (non-hydrogen) atoms. The minimum atomic E-state index is -0.171. The van der Waals surface area contributed by atoms with Crippen LogP contribution >= 0.6 is 0 Å². The molecule has 3 N–H and O–H groups in total. The second kappa shape index (κ2) is 8.46. The number of likely N-dealkylation sites (tertiary alicyclic amines) is 1. The first-order valence-electron chi connectivity index (χ1n) is 9.75. The molecule has 0 atom stereocenters. The quantitative estimate of drug-likeness (QED) is 0.716. The highest BCUT2D eigenvalue weighted by atomic mass is 16.1. The number of nitrogens with one attached hydrogen (secondary N) is 1. The monoisotopic (exact) mass is 375 g/mol. The van der Waals surface area contributed by atoms with Crippen LogP contribution in [-0.4, -0.2) is 39.5 Å².